The average Bonchev–Trinajstić information content (AvgIpc) is 3.14. The van der Waals surface area contributed by atoms with Crippen molar-refractivity contribution in [1.82, 2.24) is 10.2 Å². The van der Waals surface area contributed by atoms with Gasteiger partial charge in [-0.1, -0.05) is 53.4 Å². The zero-order valence-electron chi connectivity index (χ0n) is 14.8. The van der Waals surface area contributed by atoms with Gasteiger partial charge in [0.05, 0.1) is 5.25 Å². The number of hydrogen-bond acceptors (Lipinski definition) is 7. The van der Waals surface area contributed by atoms with Crippen LogP contribution >= 0.6 is 23.1 Å². The number of thioether (sulfide) groups is 1. The highest BCUT2D eigenvalue weighted by Gasteiger charge is 2.19. The van der Waals surface area contributed by atoms with E-state index in [1.807, 2.05) is 30.3 Å². The second-order valence-corrected chi connectivity index (χ2v) is 8.30. The van der Waals surface area contributed by atoms with E-state index in [4.69, 9.17) is 0 Å². The highest BCUT2D eigenvalue weighted by molar-refractivity contribution is 8.02. The molecule has 0 spiro atoms. The van der Waals surface area contributed by atoms with E-state index >= 15 is 0 Å². The van der Waals surface area contributed by atoms with Crippen molar-refractivity contribution in [2.45, 2.75) is 29.7 Å². The summed E-state index contributed by atoms with van der Waals surface area (Å²) < 4.78 is 29.4. The monoisotopic (exact) mass is 421 g/mol. The Kier molecular flexibility index (Phi) is 6.94. The molecule has 0 fully saturated rings. The standard InChI is InChI=1S/C19H17F2N3O2S2/c1-12(16(25)14-7-9-15(10-8-14)26-17(20)21)27-19-24-23-18(28-19)22-11-13-5-3-2-4-6-13/h2-10,12,17H,11H2,1H3,(H,22,23)/t12-/m0/s1. The van der Waals surface area contributed by atoms with E-state index in [0.29, 0.717) is 21.6 Å². The lowest BCUT2D eigenvalue weighted by atomic mass is 10.1. The molecule has 28 heavy (non-hydrogen) atoms. The smallest absolute Gasteiger partial charge is 0.387 e. The third-order valence-electron chi connectivity index (χ3n) is 3.70. The second-order valence-electron chi connectivity index (χ2n) is 5.74. The van der Waals surface area contributed by atoms with Crippen molar-refractivity contribution < 1.29 is 18.3 Å². The van der Waals surface area contributed by atoms with Crippen LogP contribution in [0, 0.1) is 0 Å². The number of hydrogen-bond donors (Lipinski definition) is 1. The zero-order chi connectivity index (χ0) is 19.9. The Labute approximate surface area is 169 Å². The molecule has 0 unspecified atom stereocenters. The summed E-state index contributed by atoms with van der Waals surface area (Å²) in [5.74, 6) is -0.104. The number of ether oxygens (including phenoxy) is 1. The van der Waals surface area contributed by atoms with Gasteiger partial charge >= 0.3 is 6.61 Å². The molecule has 0 bridgehead atoms. The van der Waals surface area contributed by atoms with Crippen molar-refractivity contribution in [3.05, 3.63) is 65.7 Å². The third-order valence-corrected chi connectivity index (χ3v) is 5.77. The number of rotatable bonds is 9. The van der Waals surface area contributed by atoms with Crippen molar-refractivity contribution in [2.24, 2.45) is 0 Å². The van der Waals surface area contributed by atoms with Gasteiger partial charge in [-0.25, -0.2) is 0 Å². The number of alkyl halides is 2. The molecule has 146 valence electrons. The molecule has 3 aromatic rings. The first-order valence-electron chi connectivity index (χ1n) is 8.38. The molecule has 1 atom stereocenters. The van der Waals surface area contributed by atoms with Crippen molar-refractivity contribution in [3.63, 3.8) is 0 Å². The fourth-order valence-electron chi connectivity index (χ4n) is 2.34. The van der Waals surface area contributed by atoms with Gasteiger partial charge in [-0.2, -0.15) is 8.78 Å². The van der Waals surface area contributed by atoms with Gasteiger partial charge in [-0.15, -0.1) is 10.2 Å². The molecule has 3 rings (SSSR count). The average molecular weight is 421 g/mol. The summed E-state index contributed by atoms with van der Waals surface area (Å²) in [6.07, 6.45) is 0. The van der Waals surface area contributed by atoms with Gasteiger partial charge in [-0.05, 0) is 36.8 Å². The van der Waals surface area contributed by atoms with Gasteiger partial charge in [-0.3, -0.25) is 4.79 Å². The fourth-order valence-corrected chi connectivity index (χ4v) is 4.31. The lowest BCUT2D eigenvalue weighted by molar-refractivity contribution is -0.0498. The molecule has 0 aliphatic rings. The van der Waals surface area contributed by atoms with Gasteiger partial charge in [0.25, 0.3) is 0 Å². The minimum Gasteiger partial charge on any atom is -0.435 e. The van der Waals surface area contributed by atoms with Crippen LogP contribution in [0.15, 0.2) is 58.9 Å². The predicted molar refractivity (Wildman–Crippen MR) is 106 cm³/mol. The fraction of sp³-hybridized carbons (Fsp3) is 0.211. The first-order chi connectivity index (χ1) is 13.5. The number of Topliss-reactive ketones (excluding diaryl/α,β-unsaturated/α-hetero) is 1. The Hall–Kier alpha value is -2.52. The van der Waals surface area contributed by atoms with E-state index in [1.165, 1.54) is 47.4 Å². The summed E-state index contributed by atoms with van der Waals surface area (Å²) in [7, 11) is 0. The van der Waals surface area contributed by atoms with Crippen LogP contribution in [0.25, 0.3) is 0 Å². The van der Waals surface area contributed by atoms with Gasteiger partial charge in [0.15, 0.2) is 10.1 Å². The Morgan fingerprint density at radius 3 is 2.54 bits per heavy atom. The minimum atomic E-state index is -2.89. The zero-order valence-corrected chi connectivity index (χ0v) is 16.5. The molecule has 0 aliphatic carbocycles. The molecule has 5 nitrogen and oxygen atoms in total. The lowest BCUT2D eigenvalue weighted by Gasteiger charge is -2.09. The molecular formula is C19H17F2N3O2S2. The van der Waals surface area contributed by atoms with E-state index in [9.17, 15) is 13.6 Å². The number of carbonyl (C=O) groups excluding carboxylic acids is 1. The molecule has 1 aromatic heterocycles. The quantitative estimate of drug-likeness (QED) is 0.382. The molecular weight excluding hydrogens is 404 g/mol. The van der Waals surface area contributed by atoms with E-state index in [1.54, 1.807) is 6.92 Å². The summed E-state index contributed by atoms with van der Waals surface area (Å²) in [5.41, 5.74) is 1.56. The molecule has 2 aromatic carbocycles. The highest BCUT2D eigenvalue weighted by atomic mass is 32.2. The maximum absolute atomic E-state index is 12.5. The van der Waals surface area contributed by atoms with Crippen LogP contribution < -0.4 is 10.1 Å². The minimum absolute atomic E-state index is 0.0186. The number of carbonyl (C=O) groups is 1. The molecule has 0 saturated heterocycles. The Morgan fingerprint density at radius 1 is 1.14 bits per heavy atom. The number of nitrogens with zero attached hydrogens (tertiary/aromatic N) is 2. The summed E-state index contributed by atoms with van der Waals surface area (Å²) in [5, 5.41) is 11.7. The van der Waals surface area contributed by atoms with Gasteiger partial charge < -0.3 is 10.1 Å². The third kappa shape index (κ3) is 5.74. The Morgan fingerprint density at radius 2 is 1.86 bits per heavy atom. The molecule has 0 aliphatic heterocycles. The number of ketones is 1. The normalized spacial score (nSPS) is 12.0. The number of aromatic nitrogens is 2. The van der Waals surface area contributed by atoms with Crippen LogP contribution in [0.1, 0.15) is 22.8 Å². The molecule has 0 amide bonds. The predicted octanol–water partition coefficient (Wildman–Crippen LogP) is 5.12. The van der Waals surface area contributed by atoms with Crippen LogP contribution in [0.3, 0.4) is 0 Å². The van der Waals surface area contributed by atoms with Crippen LogP contribution in [-0.2, 0) is 6.54 Å². The number of anilines is 1. The van der Waals surface area contributed by atoms with E-state index in [2.05, 4.69) is 20.3 Å². The Bertz CT molecular complexity index is 905. The van der Waals surface area contributed by atoms with E-state index < -0.39 is 11.9 Å². The van der Waals surface area contributed by atoms with Gasteiger partial charge in [0, 0.05) is 12.1 Å². The summed E-state index contributed by atoms with van der Waals surface area (Å²) in [6.45, 7) is -0.477. The largest absolute Gasteiger partial charge is 0.435 e. The van der Waals surface area contributed by atoms with Crippen molar-refractivity contribution in [1.29, 1.82) is 0 Å². The van der Waals surface area contributed by atoms with Crippen molar-refractivity contribution in [2.75, 3.05) is 5.32 Å². The van der Waals surface area contributed by atoms with Crippen LogP contribution in [0.5, 0.6) is 5.75 Å². The highest BCUT2D eigenvalue weighted by Crippen LogP contribution is 2.31. The topological polar surface area (TPSA) is 64.1 Å². The maximum Gasteiger partial charge on any atom is 0.387 e. The van der Waals surface area contributed by atoms with Gasteiger partial charge in [0.1, 0.15) is 5.75 Å². The first-order valence-corrected chi connectivity index (χ1v) is 10.1. The molecule has 9 heteroatoms. The van der Waals surface area contributed by atoms with Crippen molar-refractivity contribution in [3.8, 4) is 5.75 Å². The van der Waals surface area contributed by atoms with Crippen LogP contribution in [0.2, 0.25) is 0 Å². The molecule has 1 N–H and O–H groups in total. The summed E-state index contributed by atoms with van der Waals surface area (Å²) in [6, 6.07) is 15.6. The number of halogens is 2. The maximum atomic E-state index is 12.5. The Balaban J connectivity index is 1.54. The second kappa shape index (κ2) is 9.61. The SMILES string of the molecule is C[C@H](Sc1nnc(NCc2ccccc2)s1)C(=O)c1ccc(OC(F)F)cc1. The lowest BCUT2D eigenvalue weighted by Crippen LogP contribution is -2.13. The molecule has 1 heterocycles. The summed E-state index contributed by atoms with van der Waals surface area (Å²) >= 11 is 2.68. The molecule has 0 saturated carbocycles. The van der Waals surface area contributed by atoms with E-state index in [0.717, 1.165) is 5.56 Å². The number of nitrogens with one attached hydrogen (secondary N) is 1. The molecule has 0 radical (unpaired) electrons. The van der Waals surface area contributed by atoms with Crippen molar-refractivity contribution >= 4 is 34.0 Å². The van der Waals surface area contributed by atoms with E-state index in [-0.39, 0.29) is 11.5 Å². The van der Waals surface area contributed by atoms with Crippen LogP contribution in [-0.4, -0.2) is 27.8 Å². The van der Waals surface area contributed by atoms with Gasteiger partial charge in [0.2, 0.25) is 5.13 Å². The number of benzene rings is 2. The first kappa shape index (κ1) is 20.2. The summed E-state index contributed by atoms with van der Waals surface area (Å²) in [4.78, 5) is 12.5. The van der Waals surface area contributed by atoms with Crippen LogP contribution in [0.4, 0.5) is 13.9 Å².